The first-order valence-electron chi connectivity index (χ1n) is 6.42. The summed E-state index contributed by atoms with van der Waals surface area (Å²) in [5, 5.41) is 3.43. The SMILES string of the molecule is CCNC(Cc1cnccc1N)c1ccnc(C)n1. The minimum absolute atomic E-state index is 0.123. The topological polar surface area (TPSA) is 76.7 Å². The monoisotopic (exact) mass is 257 g/mol. The third-order valence-corrected chi connectivity index (χ3v) is 2.97. The van der Waals surface area contributed by atoms with Crippen molar-refractivity contribution in [2.75, 3.05) is 12.3 Å². The highest BCUT2D eigenvalue weighted by atomic mass is 15.0. The normalized spacial score (nSPS) is 12.3. The van der Waals surface area contributed by atoms with Crippen molar-refractivity contribution in [3.05, 3.63) is 47.8 Å². The second-order valence-corrected chi connectivity index (χ2v) is 4.42. The highest BCUT2D eigenvalue weighted by Crippen LogP contribution is 2.19. The van der Waals surface area contributed by atoms with Crippen molar-refractivity contribution in [2.45, 2.75) is 26.3 Å². The van der Waals surface area contributed by atoms with Gasteiger partial charge < -0.3 is 11.1 Å². The van der Waals surface area contributed by atoms with Gasteiger partial charge in [0, 0.05) is 24.3 Å². The van der Waals surface area contributed by atoms with Crippen molar-refractivity contribution < 1.29 is 0 Å². The molecule has 5 heteroatoms. The molecule has 0 amide bonds. The van der Waals surface area contributed by atoms with Gasteiger partial charge >= 0.3 is 0 Å². The van der Waals surface area contributed by atoms with Crippen LogP contribution in [0.4, 0.5) is 5.69 Å². The van der Waals surface area contributed by atoms with Crippen LogP contribution in [-0.4, -0.2) is 21.5 Å². The maximum Gasteiger partial charge on any atom is 0.125 e. The molecular weight excluding hydrogens is 238 g/mol. The number of pyridine rings is 1. The Morgan fingerprint density at radius 1 is 1.32 bits per heavy atom. The minimum atomic E-state index is 0.123. The molecule has 3 N–H and O–H groups in total. The Hall–Kier alpha value is -2.01. The van der Waals surface area contributed by atoms with Gasteiger partial charge in [-0.25, -0.2) is 9.97 Å². The van der Waals surface area contributed by atoms with Gasteiger partial charge in [0.1, 0.15) is 5.82 Å². The van der Waals surface area contributed by atoms with Gasteiger partial charge in [-0.3, -0.25) is 4.98 Å². The van der Waals surface area contributed by atoms with Crippen LogP contribution in [0, 0.1) is 6.92 Å². The van der Waals surface area contributed by atoms with E-state index in [0.717, 1.165) is 35.7 Å². The third kappa shape index (κ3) is 3.48. The molecule has 19 heavy (non-hydrogen) atoms. The number of rotatable bonds is 5. The maximum atomic E-state index is 5.97. The summed E-state index contributed by atoms with van der Waals surface area (Å²) in [5.41, 5.74) is 8.76. The van der Waals surface area contributed by atoms with Crippen LogP contribution in [0.2, 0.25) is 0 Å². The molecule has 0 saturated heterocycles. The lowest BCUT2D eigenvalue weighted by Gasteiger charge is -2.18. The number of anilines is 1. The van der Waals surface area contributed by atoms with E-state index >= 15 is 0 Å². The molecule has 0 radical (unpaired) electrons. The number of nitrogens with one attached hydrogen (secondary N) is 1. The largest absolute Gasteiger partial charge is 0.398 e. The number of aryl methyl sites for hydroxylation is 1. The number of nitrogens with two attached hydrogens (primary N) is 1. The fourth-order valence-electron chi connectivity index (χ4n) is 2.02. The molecule has 2 rings (SSSR count). The molecule has 0 bridgehead atoms. The Balaban J connectivity index is 2.24. The second kappa shape index (κ2) is 6.24. The maximum absolute atomic E-state index is 5.97. The average molecular weight is 257 g/mol. The van der Waals surface area contributed by atoms with Gasteiger partial charge in [-0.05, 0) is 37.6 Å². The first-order chi connectivity index (χ1) is 9.20. The van der Waals surface area contributed by atoms with Crippen molar-refractivity contribution >= 4 is 5.69 Å². The molecule has 1 atom stereocenters. The molecule has 0 saturated carbocycles. The zero-order chi connectivity index (χ0) is 13.7. The van der Waals surface area contributed by atoms with Crippen molar-refractivity contribution in [1.29, 1.82) is 0 Å². The number of aromatic nitrogens is 3. The quantitative estimate of drug-likeness (QED) is 0.851. The van der Waals surface area contributed by atoms with E-state index in [2.05, 4.69) is 27.2 Å². The van der Waals surface area contributed by atoms with Gasteiger partial charge in [-0.1, -0.05) is 6.92 Å². The summed E-state index contributed by atoms with van der Waals surface area (Å²) >= 11 is 0. The molecule has 0 aliphatic rings. The van der Waals surface area contributed by atoms with Crippen LogP contribution in [-0.2, 0) is 6.42 Å². The molecule has 0 aliphatic heterocycles. The summed E-state index contributed by atoms with van der Waals surface area (Å²) in [4.78, 5) is 12.7. The summed E-state index contributed by atoms with van der Waals surface area (Å²) in [7, 11) is 0. The van der Waals surface area contributed by atoms with Gasteiger partial charge in [0.25, 0.3) is 0 Å². The summed E-state index contributed by atoms with van der Waals surface area (Å²) in [5.74, 6) is 0.777. The Kier molecular flexibility index (Phi) is 4.41. The van der Waals surface area contributed by atoms with E-state index in [-0.39, 0.29) is 6.04 Å². The van der Waals surface area contributed by atoms with Crippen molar-refractivity contribution in [2.24, 2.45) is 0 Å². The predicted octanol–water partition coefficient (Wildman–Crippen LogP) is 1.66. The first-order valence-corrected chi connectivity index (χ1v) is 6.42. The van der Waals surface area contributed by atoms with Gasteiger partial charge in [0.2, 0.25) is 0 Å². The lowest BCUT2D eigenvalue weighted by molar-refractivity contribution is 0.534. The van der Waals surface area contributed by atoms with Crippen LogP contribution in [0.1, 0.15) is 30.0 Å². The van der Waals surface area contributed by atoms with Crippen LogP contribution in [0.25, 0.3) is 0 Å². The van der Waals surface area contributed by atoms with Crippen LogP contribution in [0.15, 0.2) is 30.7 Å². The summed E-state index contributed by atoms with van der Waals surface area (Å²) < 4.78 is 0. The summed E-state index contributed by atoms with van der Waals surface area (Å²) in [6, 6.07) is 3.88. The first kappa shape index (κ1) is 13.4. The lowest BCUT2D eigenvalue weighted by Crippen LogP contribution is -2.24. The molecule has 0 aliphatic carbocycles. The fourth-order valence-corrected chi connectivity index (χ4v) is 2.02. The lowest BCUT2D eigenvalue weighted by atomic mass is 10.0. The molecule has 100 valence electrons. The average Bonchev–Trinajstić information content (AvgIpc) is 2.40. The van der Waals surface area contributed by atoms with Crippen LogP contribution >= 0.6 is 0 Å². The number of likely N-dealkylation sites (N-methyl/N-ethyl adjacent to an activating group) is 1. The predicted molar refractivity (Wildman–Crippen MR) is 75.5 cm³/mol. The van der Waals surface area contributed by atoms with E-state index in [0.29, 0.717) is 0 Å². The molecule has 2 aromatic rings. The van der Waals surface area contributed by atoms with E-state index in [1.807, 2.05) is 25.3 Å². The highest BCUT2D eigenvalue weighted by molar-refractivity contribution is 5.45. The van der Waals surface area contributed by atoms with Crippen LogP contribution in [0.5, 0.6) is 0 Å². The van der Waals surface area contributed by atoms with Crippen molar-refractivity contribution in [1.82, 2.24) is 20.3 Å². The standard InChI is InChI=1S/C14H19N5/c1-3-17-14(13-5-7-18-10(2)19-13)8-11-9-16-6-4-12(11)15/h4-7,9,14,17H,3,8H2,1-2H3,(H2,15,16). The summed E-state index contributed by atoms with van der Waals surface area (Å²) in [6.07, 6.45) is 6.07. The molecule has 2 heterocycles. The number of nitrogen functional groups attached to an aromatic ring is 1. The molecular formula is C14H19N5. The summed E-state index contributed by atoms with van der Waals surface area (Å²) in [6.45, 7) is 4.84. The van der Waals surface area contributed by atoms with E-state index < -0.39 is 0 Å². The van der Waals surface area contributed by atoms with Gasteiger partial charge in [0.15, 0.2) is 0 Å². The zero-order valence-electron chi connectivity index (χ0n) is 11.3. The van der Waals surface area contributed by atoms with E-state index in [4.69, 9.17) is 5.73 Å². The number of hydrogen-bond acceptors (Lipinski definition) is 5. The van der Waals surface area contributed by atoms with Crippen molar-refractivity contribution in [3.63, 3.8) is 0 Å². The zero-order valence-corrected chi connectivity index (χ0v) is 11.3. The highest BCUT2D eigenvalue weighted by Gasteiger charge is 2.14. The van der Waals surface area contributed by atoms with Gasteiger partial charge in [-0.2, -0.15) is 0 Å². The molecule has 5 nitrogen and oxygen atoms in total. The van der Waals surface area contributed by atoms with Crippen LogP contribution < -0.4 is 11.1 Å². The fraction of sp³-hybridized carbons (Fsp3) is 0.357. The smallest absolute Gasteiger partial charge is 0.125 e. The number of nitrogens with zero attached hydrogens (tertiary/aromatic N) is 3. The number of hydrogen-bond donors (Lipinski definition) is 2. The van der Waals surface area contributed by atoms with Crippen molar-refractivity contribution in [3.8, 4) is 0 Å². The molecule has 0 spiro atoms. The third-order valence-electron chi connectivity index (χ3n) is 2.97. The van der Waals surface area contributed by atoms with E-state index in [9.17, 15) is 0 Å². The molecule has 0 fully saturated rings. The Morgan fingerprint density at radius 3 is 2.84 bits per heavy atom. The Morgan fingerprint density at radius 2 is 2.16 bits per heavy atom. The van der Waals surface area contributed by atoms with E-state index in [1.165, 1.54) is 0 Å². The molecule has 2 aromatic heterocycles. The Bertz CT molecular complexity index is 541. The Labute approximate surface area is 113 Å². The molecule has 0 aromatic carbocycles. The van der Waals surface area contributed by atoms with Crippen LogP contribution in [0.3, 0.4) is 0 Å². The minimum Gasteiger partial charge on any atom is -0.398 e. The van der Waals surface area contributed by atoms with E-state index in [1.54, 1.807) is 12.4 Å². The second-order valence-electron chi connectivity index (χ2n) is 4.42. The van der Waals surface area contributed by atoms with Gasteiger partial charge in [-0.15, -0.1) is 0 Å². The molecule has 1 unspecified atom stereocenters. The van der Waals surface area contributed by atoms with Gasteiger partial charge in [0.05, 0.1) is 11.7 Å².